The summed E-state index contributed by atoms with van der Waals surface area (Å²) < 4.78 is 0. The molecule has 72 valence electrons. The number of hydrogen-bond acceptors (Lipinski definition) is 2. The standard InChI is InChI=1S/C11H17NO/c1-11(2,3)9-7-8(13)5-6-10(9)12-4/h5-7,12-13H,1-4H3. The van der Waals surface area contributed by atoms with E-state index in [1.165, 1.54) is 0 Å². The molecule has 0 atom stereocenters. The Kier molecular flexibility index (Phi) is 2.50. The lowest BCUT2D eigenvalue weighted by Crippen LogP contribution is -2.13. The van der Waals surface area contributed by atoms with E-state index in [1.807, 2.05) is 19.2 Å². The van der Waals surface area contributed by atoms with Gasteiger partial charge >= 0.3 is 0 Å². The van der Waals surface area contributed by atoms with E-state index in [9.17, 15) is 5.11 Å². The summed E-state index contributed by atoms with van der Waals surface area (Å²) in [5.74, 6) is 0.323. The molecule has 0 saturated carbocycles. The first kappa shape index (κ1) is 9.90. The molecular weight excluding hydrogens is 162 g/mol. The molecule has 1 rings (SSSR count). The van der Waals surface area contributed by atoms with Gasteiger partial charge in [-0.25, -0.2) is 0 Å². The monoisotopic (exact) mass is 179 g/mol. The molecule has 0 spiro atoms. The number of anilines is 1. The van der Waals surface area contributed by atoms with Crippen molar-refractivity contribution in [1.82, 2.24) is 0 Å². The van der Waals surface area contributed by atoms with Gasteiger partial charge in [0, 0.05) is 12.7 Å². The SMILES string of the molecule is CNc1ccc(O)cc1C(C)(C)C. The van der Waals surface area contributed by atoms with Gasteiger partial charge in [0.25, 0.3) is 0 Å². The van der Waals surface area contributed by atoms with E-state index >= 15 is 0 Å². The maximum Gasteiger partial charge on any atom is 0.116 e. The van der Waals surface area contributed by atoms with Crippen LogP contribution in [0.2, 0.25) is 0 Å². The fourth-order valence-electron chi connectivity index (χ4n) is 1.37. The Morgan fingerprint density at radius 2 is 1.85 bits per heavy atom. The third-order valence-electron chi connectivity index (χ3n) is 2.08. The van der Waals surface area contributed by atoms with Crippen molar-refractivity contribution in [2.75, 3.05) is 12.4 Å². The molecule has 0 saturated heterocycles. The van der Waals surface area contributed by atoms with Crippen molar-refractivity contribution in [2.45, 2.75) is 26.2 Å². The highest BCUT2D eigenvalue weighted by molar-refractivity contribution is 5.56. The first-order chi connectivity index (χ1) is 5.95. The minimum atomic E-state index is 0.0527. The van der Waals surface area contributed by atoms with Gasteiger partial charge in [0.15, 0.2) is 0 Å². The topological polar surface area (TPSA) is 32.3 Å². The van der Waals surface area contributed by atoms with Gasteiger partial charge in [-0.1, -0.05) is 20.8 Å². The van der Waals surface area contributed by atoms with Gasteiger partial charge in [-0.2, -0.15) is 0 Å². The molecule has 2 nitrogen and oxygen atoms in total. The quantitative estimate of drug-likeness (QED) is 0.650. The highest BCUT2D eigenvalue weighted by Gasteiger charge is 2.17. The average molecular weight is 179 g/mol. The van der Waals surface area contributed by atoms with Crippen molar-refractivity contribution in [3.05, 3.63) is 23.8 Å². The Hall–Kier alpha value is -1.18. The number of hydrogen-bond donors (Lipinski definition) is 2. The second kappa shape index (κ2) is 3.29. The minimum absolute atomic E-state index is 0.0527. The van der Waals surface area contributed by atoms with Crippen molar-refractivity contribution in [3.8, 4) is 5.75 Å². The Labute approximate surface area is 79.6 Å². The van der Waals surface area contributed by atoms with Crippen molar-refractivity contribution in [1.29, 1.82) is 0 Å². The number of phenols is 1. The molecule has 0 bridgehead atoms. The third kappa shape index (κ3) is 2.14. The highest BCUT2D eigenvalue weighted by Crippen LogP contribution is 2.31. The van der Waals surface area contributed by atoms with Crippen LogP contribution in [0.3, 0.4) is 0 Å². The predicted octanol–water partition coefficient (Wildman–Crippen LogP) is 2.73. The van der Waals surface area contributed by atoms with Gasteiger partial charge in [-0.15, -0.1) is 0 Å². The van der Waals surface area contributed by atoms with E-state index in [0.717, 1.165) is 11.3 Å². The highest BCUT2D eigenvalue weighted by atomic mass is 16.3. The fraction of sp³-hybridized carbons (Fsp3) is 0.455. The van der Waals surface area contributed by atoms with Crippen LogP contribution in [0.15, 0.2) is 18.2 Å². The lowest BCUT2D eigenvalue weighted by Gasteiger charge is -2.22. The van der Waals surface area contributed by atoms with Gasteiger partial charge in [0.2, 0.25) is 0 Å². The summed E-state index contributed by atoms with van der Waals surface area (Å²) in [6.07, 6.45) is 0. The summed E-state index contributed by atoms with van der Waals surface area (Å²) in [7, 11) is 1.89. The zero-order chi connectivity index (χ0) is 10.1. The van der Waals surface area contributed by atoms with E-state index in [1.54, 1.807) is 6.07 Å². The summed E-state index contributed by atoms with van der Waals surface area (Å²) in [5.41, 5.74) is 2.26. The molecule has 0 aromatic heterocycles. The number of rotatable bonds is 1. The second-order valence-electron chi connectivity index (χ2n) is 4.23. The molecule has 0 heterocycles. The molecule has 2 N–H and O–H groups in total. The van der Waals surface area contributed by atoms with E-state index in [-0.39, 0.29) is 5.41 Å². The summed E-state index contributed by atoms with van der Waals surface area (Å²) in [6.45, 7) is 6.38. The Balaban J connectivity index is 3.24. The van der Waals surface area contributed by atoms with Crippen LogP contribution in [0.5, 0.6) is 5.75 Å². The maximum atomic E-state index is 9.37. The second-order valence-corrected chi connectivity index (χ2v) is 4.23. The van der Waals surface area contributed by atoms with Crippen molar-refractivity contribution < 1.29 is 5.11 Å². The first-order valence-electron chi connectivity index (χ1n) is 4.46. The van der Waals surface area contributed by atoms with Crippen LogP contribution in [0, 0.1) is 0 Å². The van der Waals surface area contributed by atoms with Crippen LogP contribution >= 0.6 is 0 Å². The Bertz CT molecular complexity index is 299. The summed E-state index contributed by atoms with van der Waals surface area (Å²) in [6, 6.07) is 5.41. The Morgan fingerprint density at radius 3 is 2.31 bits per heavy atom. The predicted molar refractivity (Wildman–Crippen MR) is 56.4 cm³/mol. The molecule has 0 aliphatic rings. The van der Waals surface area contributed by atoms with Crippen LogP contribution in [0.1, 0.15) is 26.3 Å². The van der Waals surface area contributed by atoms with Gasteiger partial charge < -0.3 is 10.4 Å². The van der Waals surface area contributed by atoms with Crippen LogP contribution in [-0.2, 0) is 5.41 Å². The molecule has 0 unspecified atom stereocenters. The van der Waals surface area contributed by atoms with Gasteiger partial charge in [-0.05, 0) is 29.2 Å². The zero-order valence-corrected chi connectivity index (χ0v) is 8.68. The number of benzene rings is 1. The fourth-order valence-corrected chi connectivity index (χ4v) is 1.37. The molecule has 1 aromatic rings. The molecule has 0 aliphatic carbocycles. The van der Waals surface area contributed by atoms with E-state index in [0.29, 0.717) is 5.75 Å². The van der Waals surface area contributed by atoms with Crippen molar-refractivity contribution in [2.24, 2.45) is 0 Å². The molecular formula is C11H17NO. The van der Waals surface area contributed by atoms with E-state index in [4.69, 9.17) is 0 Å². The molecule has 13 heavy (non-hydrogen) atoms. The zero-order valence-electron chi connectivity index (χ0n) is 8.68. The summed E-state index contributed by atoms with van der Waals surface area (Å²) in [4.78, 5) is 0. The smallest absolute Gasteiger partial charge is 0.116 e. The lowest BCUT2D eigenvalue weighted by atomic mass is 9.85. The minimum Gasteiger partial charge on any atom is -0.508 e. The molecule has 0 fully saturated rings. The van der Waals surface area contributed by atoms with Crippen molar-refractivity contribution in [3.63, 3.8) is 0 Å². The van der Waals surface area contributed by atoms with Crippen LogP contribution < -0.4 is 5.32 Å². The van der Waals surface area contributed by atoms with Crippen molar-refractivity contribution >= 4 is 5.69 Å². The molecule has 0 amide bonds. The van der Waals surface area contributed by atoms with E-state index < -0.39 is 0 Å². The first-order valence-corrected chi connectivity index (χ1v) is 4.46. The molecule has 0 aliphatic heterocycles. The van der Waals surface area contributed by atoms with Crippen LogP contribution in [0.4, 0.5) is 5.69 Å². The summed E-state index contributed by atoms with van der Waals surface area (Å²) in [5, 5.41) is 12.5. The molecule has 2 heteroatoms. The van der Waals surface area contributed by atoms with Gasteiger partial charge in [0.05, 0.1) is 0 Å². The number of aromatic hydroxyl groups is 1. The number of phenolic OH excluding ortho intramolecular Hbond substituents is 1. The normalized spacial score (nSPS) is 11.4. The largest absolute Gasteiger partial charge is 0.508 e. The maximum absolute atomic E-state index is 9.37. The van der Waals surface area contributed by atoms with E-state index in [2.05, 4.69) is 26.1 Å². The third-order valence-corrected chi connectivity index (χ3v) is 2.08. The number of nitrogens with one attached hydrogen (secondary N) is 1. The van der Waals surface area contributed by atoms with Gasteiger partial charge in [0.1, 0.15) is 5.75 Å². The van der Waals surface area contributed by atoms with Gasteiger partial charge in [-0.3, -0.25) is 0 Å². The molecule has 1 aromatic carbocycles. The van der Waals surface area contributed by atoms with Crippen LogP contribution in [0.25, 0.3) is 0 Å². The lowest BCUT2D eigenvalue weighted by molar-refractivity contribution is 0.471. The Morgan fingerprint density at radius 1 is 1.23 bits per heavy atom. The average Bonchev–Trinajstić information content (AvgIpc) is 2.03. The summed E-state index contributed by atoms with van der Waals surface area (Å²) >= 11 is 0. The molecule has 0 radical (unpaired) electrons. The van der Waals surface area contributed by atoms with Crippen LogP contribution in [-0.4, -0.2) is 12.2 Å².